The Morgan fingerprint density at radius 2 is 1.55 bits per heavy atom. The Morgan fingerprint density at radius 3 is 2.03 bits per heavy atom. The smallest absolute Gasteiger partial charge is 0.420 e. The molecule has 0 radical (unpaired) electrons. The summed E-state index contributed by atoms with van der Waals surface area (Å²) in [5.74, 6) is -1.56. The molecule has 1 aliphatic carbocycles. The number of fused-ring (bicyclic) bond motifs is 3. The minimum atomic E-state index is -1.45. The van der Waals surface area contributed by atoms with Gasteiger partial charge in [0.25, 0.3) is 0 Å². The van der Waals surface area contributed by atoms with E-state index in [1.54, 1.807) is 20.8 Å². The minimum Gasteiger partial charge on any atom is -0.480 e. The molecule has 8 heteroatoms. The number of nitrogens with two attached hydrogens (primary N) is 1. The topological polar surface area (TPSA) is 119 Å². The molecule has 1 aliphatic rings. The van der Waals surface area contributed by atoms with Gasteiger partial charge in [-0.3, -0.25) is 0 Å². The third-order valence-electron chi connectivity index (χ3n) is 5.40. The van der Waals surface area contributed by atoms with Gasteiger partial charge in [0.05, 0.1) is 0 Å². The van der Waals surface area contributed by atoms with E-state index in [9.17, 15) is 19.5 Å². The van der Waals surface area contributed by atoms with Crippen molar-refractivity contribution < 1.29 is 29.0 Å². The second kappa shape index (κ2) is 10.0. The minimum absolute atomic E-state index is 0.00469. The fraction of sp³-hybridized carbons (Fsp3) is 0.400. The number of carbonyl (C=O) groups excluding carboxylic acids is 2. The van der Waals surface area contributed by atoms with E-state index >= 15 is 0 Å². The van der Waals surface area contributed by atoms with Gasteiger partial charge in [-0.15, -0.1) is 0 Å². The molecule has 0 bridgehead atoms. The van der Waals surface area contributed by atoms with Crippen LogP contribution in [-0.2, 0) is 14.3 Å². The van der Waals surface area contributed by atoms with Gasteiger partial charge in [-0.25, -0.2) is 14.4 Å². The second-order valence-corrected chi connectivity index (χ2v) is 8.94. The van der Waals surface area contributed by atoms with Crippen molar-refractivity contribution in [2.75, 3.05) is 13.2 Å². The lowest BCUT2D eigenvalue weighted by Gasteiger charge is -2.29. The number of hydrogen-bond donors (Lipinski definition) is 2. The Morgan fingerprint density at radius 1 is 1.00 bits per heavy atom. The summed E-state index contributed by atoms with van der Waals surface area (Å²) >= 11 is 0. The van der Waals surface area contributed by atoms with Gasteiger partial charge < -0.3 is 20.3 Å². The van der Waals surface area contributed by atoms with Gasteiger partial charge in [0.2, 0.25) is 0 Å². The lowest BCUT2D eigenvalue weighted by atomic mass is 9.98. The first-order valence-corrected chi connectivity index (χ1v) is 10.9. The number of carbonyl (C=O) groups is 3. The molecule has 3 N–H and O–H groups in total. The SMILES string of the molecule is CC(C)(C)OC(=O)N(C(=O)OCC1c2ccccc2-c2ccccc21)[C@@H](CCCN)C(=O)O. The Bertz CT molecular complexity index is 984. The molecule has 2 amide bonds. The molecular weight excluding hydrogens is 424 g/mol. The highest BCUT2D eigenvalue weighted by atomic mass is 16.6. The normalized spacial score (nSPS) is 13.6. The summed E-state index contributed by atoms with van der Waals surface area (Å²) in [5.41, 5.74) is 8.73. The summed E-state index contributed by atoms with van der Waals surface area (Å²) < 4.78 is 10.8. The molecule has 2 aromatic carbocycles. The van der Waals surface area contributed by atoms with Gasteiger partial charge in [-0.1, -0.05) is 48.5 Å². The van der Waals surface area contributed by atoms with Crippen molar-refractivity contribution in [2.24, 2.45) is 5.73 Å². The van der Waals surface area contributed by atoms with Crippen LogP contribution in [0.5, 0.6) is 0 Å². The molecule has 0 saturated heterocycles. The zero-order chi connectivity index (χ0) is 24.2. The number of imide groups is 1. The van der Waals surface area contributed by atoms with Crippen LogP contribution in [0, 0.1) is 0 Å². The number of amides is 2. The van der Waals surface area contributed by atoms with E-state index in [-0.39, 0.29) is 25.5 Å². The average molecular weight is 455 g/mol. The van der Waals surface area contributed by atoms with Crippen LogP contribution >= 0.6 is 0 Å². The Kier molecular flexibility index (Phi) is 7.38. The molecule has 0 heterocycles. The fourth-order valence-electron chi connectivity index (χ4n) is 3.98. The van der Waals surface area contributed by atoms with E-state index in [0.717, 1.165) is 22.3 Å². The number of aliphatic carboxylic acids is 1. The zero-order valence-electron chi connectivity index (χ0n) is 19.1. The number of ether oxygens (including phenoxy) is 2. The van der Waals surface area contributed by atoms with Crippen LogP contribution in [-0.4, -0.2) is 53.0 Å². The molecule has 176 valence electrons. The quantitative estimate of drug-likeness (QED) is 0.638. The van der Waals surface area contributed by atoms with Crippen molar-refractivity contribution in [1.82, 2.24) is 4.90 Å². The van der Waals surface area contributed by atoms with Crippen molar-refractivity contribution in [3.8, 4) is 11.1 Å². The number of carboxylic acid groups (broad SMARTS) is 1. The molecule has 33 heavy (non-hydrogen) atoms. The second-order valence-electron chi connectivity index (χ2n) is 8.94. The number of benzene rings is 2. The molecule has 2 aromatic rings. The first-order valence-electron chi connectivity index (χ1n) is 10.9. The van der Waals surface area contributed by atoms with E-state index in [4.69, 9.17) is 15.2 Å². The van der Waals surface area contributed by atoms with Crippen LogP contribution in [0.15, 0.2) is 48.5 Å². The monoisotopic (exact) mass is 454 g/mol. The van der Waals surface area contributed by atoms with Crippen molar-refractivity contribution >= 4 is 18.2 Å². The molecule has 0 spiro atoms. The number of rotatable bonds is 7. The molecule has 0 aliphatic heterocycles. The number of nitrogens with zero attached hydrogens (tertiary/aromatic N) is 1. The summed E-state index contributed by atoms with van der Waals surface area (Å²) in [4.78, 5) is 38.3. The predicted octanol–water partition coefficient (Wildman–Crippen LogP) is 4.36. The highest BCUT2D eigenvalue weighted by molar-refractivity contribution is 5.93. The third-order valence-corrected chi connectivity index (χ3v) is 5.40. The van der Waals surface area contributed by atoms with E-state index in [1.807, 2.05) is 48.5 Å². The van der Waals surface area contributed by atoms with Gasteiger partial charge in [0, 0.05) is 5.92 Å². The van der Waals surface area contributed by atoms with Crippen molar-refractivity contribution in [3.05, 3.63) is 59.7 Å². The molecule has 0 fully saturated rings. The Labute approximate surface area is 193 Å². The first-order chi connectivity index (χ1) is 15.6. The Balaban J connectivity index is 1.85. The van der Waals surface area contributed by atoms with Crippen molar-refractivity contribution in [2.45, 2.75) is 51.2 Å². The molecular formula is C25H30N2O6. The summed E-state index contributed by atoms with van der Waals surface area (Å²) in [6, 6.07) is 14.2. The molecule has 8 nitrogen and oxygen atoms in total. The summed E-state index contributed by atoms with van der Waals surface area (Å²) in [5, 5.41) is 9.71. The Hall–Kier alpha value is -3.39. The molecule has 0 saturated carbocycles. The van der Waals surface area contributed by atoms with Crippen LogP contribution in [0.4, 0.5) is 9.59 Å². The maximum atomic E-state index is 13.1. The lowest BCUT2D eigenvalue weighted by molar-refractivity contribution is -0.143. The highest BCUT2D eigenvalue weighted by Crippen LogP contribution is 2.44. The maximum Gasteiger partial charge on any atom is 0.420 e. The summed E-state index contributed by atoms with van der Waals surface area (Å²) in [7, 11) is 0. The zero-order valence-corrected chi connectivity index (χ0v) is 19.1. The van der Waals surface area contributed by atoms with E-state index in [0.29, 0.717) is 11.3 Å². The molecule has 0 unspecified atom stereocenters. The first kappa shape index (κ1) is 24.3. The number of carboxylic acids is 1. The van der Waals surface area contributed by atoms with E-state index in [1.165, 1.54) is 0 Å². The van der Waals surface area contributed by atoms with Gasteiger partial charge in [0.1, 0.15) is 18.2 Å². The lowest BCUT2D eigenvalue weighted by Crippen LogP contribution is -2.51. The average Bonchev–Trinajstić information content (AvgIpc) is 3.07. The third kappa shape index (κ3) is 5.51. The van der Waals surface area contributed by atoms with Gasteiger partial charge in [-0.2, -0.15) is 4.90 Å². The van der Waals surface area contributed by atoms with Crippen LogP contribution in [0.1, 0.15) is 50.7 Å². The van der Waals surface area contributed by atoms with Crippen LogP contribution in [0.2, 0.25) is 0 Å². The standard InChI is InChI=1S/C25H30N2O6/c1-25(2,3)33-24(31)27(21(22(28)29)13-8-14-26)23(30)32-15-20-18-11-6-4-9-16(18)17-10-5-7-12-19(17)20/h4-7,9-12,20-21H,8,13-15,26H2,1-3H3,(H,28,29)/t21-/m0/s1. The van der Waals surface area contributed by atoms with Crippen LogP contribution in [0.3, 0.4) is 0 Å². The van der Waals surface area contributed by atoms with Crippen molar-refractivity contribution in [1.29, 1.82) is 0 Å². The molecule has 0 aromatic heterocycles. The van der Waals surface area contributed by atoms with Crippen LogP contribution in [0.25, 0.3) is 11.1 Å². The van der Waals surface area contributed by atoms with Gasteiger partial charge >= 0.3 is 18.2 Å². The maximum absolute atomic E-state index is 13.1. The largest absolute Gasteiger partial charge is 0.480 e. The molecule has 3 rings (SSSR count). The summed E-state index contributed by atoms with van der Waals surface area (Å²) in [6.45, 7) is 5.08. The number of hydrogen-bond acceptors (Lipinski definition) is 6. The summed E-state index contributed by atoms with van der Waals surface area (Å²) in [6.07, 6.45) is -1.82. The van der Waals surface area contributed by atoms with E-state index < -0.39 is 29.8 Å². The fourth-order valence-corrected chi connectivity index (χ4v) is 3.98. The highest BCUT2D eigenvalue weighted by Gasteiger charge is 2.39. The van der Waals surface area contributed by atoms with E-state index in [2.05, 4.69) is 0 Å². The van der Waals surface area contributed by atoms with Crippen LogP contribution < -0.4 is 5.73 Å². The van der Waals surface area contributed by atoms with Gasteiger partial charge in [0.15, 0.2) is 0 Å². The van der Waals surface area contributed by atoms with Gasteiger partial charge in [-0.05, 0) is 62.4 Å². The molecule has 1 atom stereocenters. The predicted molar refractivity (Wildman–Crippen MR) is 123 cm³/mol. The van der Waals surface area contributed by atoms with Crippen molar-refractivity contribution in [3.63, 3.8) is 0 Å².